The van der Waals surface area contributed by atoms with Crippen LogP contribution in [-0.4, -0.2) is 36.1 Å². The van der Waals surface area contributed by atoms with Gasteiger partial charge in [-0.05, 0) is 19.4 Å². The molecule has 13 heavy (non-hydrogen) atoms. The van der Waals surface area contributed by atoms with Gasteiger partial charge in [0.15, 0.2) is 0 Å². The first kappa shape index (κ1) is 10.5. The molecule has 1 heterocycles. The van der Waals surface area contributed by atoms with Crippen molar-refractivity contribution in [3.8, 4) is 0 Å². The molecule has 0 N–H and O–H groups in total. The topological polar surface area (TPSA) is 29.5 Å². The Hall–Kier alpha value is -0.540. The Morgan fingerprint density at radius 1 is 1.77 bits per heavy atom. The zero-order valence-corrected chi connectivity index (χ0v) is 8.29. The second-order valence-corrected chi connectivity index (χ2v) is 3.48. The Balaban J connectivity index is 2.32. The van der Waals surface area contributed by atoms with Crippen molar-refractivity contribution in [3.63, 3.8) is 0 Å². The van der Waals surface area contributed by atoms with E-state index in [1.807, 2.05) is 6.08 Å². The third kappa shape index (κ3) is 3.79. The summed E-state index contributed by atoms with van der Waals surface area (Å²) in [5, 5.41) is 0. The molecule has 4 heteroatoms. The van der Waals surface area contributed by atoms with E-state index in [4.69, 9.17) is 16.3 Å². The summed E-state index contributed by atoms with van der Waals surface area (Å²) in [6.45, 7) is 6.32. The minimum atomic E-state index is -0.703. The van der Waals surface area contributed by atoms with Crippen LogP contribution in [0.2, 0.25) is 0 Å². The van der Waals surface area contributed by atoms with Gasteiger partial charge in [0.2, 0.25) is 0 Å². The third-order valence-electron chi connectivity index (χ3n) is 2.11. The van der Waals surface area contributed by atoms with Crippen molar-refractivity contribution in [2.75, 3.05) is 19.6 Å². The number of hydrogen-bond donors (Lipinski definition) is 0. The first-order valence-electron chi connectivity index (χ1n) is 4.41. The molecule has 1 atom stereocenters. The SMILES string of the molecule is C=CCN1CCCC(OC(=O)Cl)C1. The van der Waals surface area contributed by atoms with Gasteiger partial charge in [-0.1, -0.05) is 6.08 Å². The molecule has 1 aliphatic rings. The van der Waals surface area contributed by atoms with Gasteiger partial charge in [0.25, 0.3) is 0 Å². The maximum atomic E-state index is 10.5. The summed E-state index contributed by atoms with van der Waals surface area (Å²) in [7, 11) is 0. The monoisotopic (exact) mass is 203 g/mol. The van der Waals surface area contributed by atoms with Gasteiger partial charge in [0, 0.05) is 24.7 Å². The maximum absolute atomic E-state index is 10.5. The zero-order valence-electron chi connectivity index (χ0n) is 7.54. The average Bonchev–Trinajstić information content (AvgIpc) is 2.04. The Bertz CT molecular complexity index is 196. The highest BCUT2D eigenvalue weighted by molar-refractivity contribution is 6.61. The fourth-order valence-corrected chi connectivity index (χ4v) is 1.71. The van der Waals surface area contributed by atoms with Gasteiger partial charge in [-0.15, -0.1) is 6.58 Å². The molecule has 0 amide bonds. The Morgan fingerprint density at radius 3 is 3.15 bits per heavy atom. The van der Waals surface area contributed by atoms with Gasteiger partial charge >= 0.3 is 5.43 Å². The lowest BCUT2D eigenvalue weighted by molar-refractivity contribution is 0.0606. The highest BCUT2D eigenvalue weighted by Gasteiger charge is 2.21. The normalized spacial score (nSPS) is 23.9. The minimum absolute atomic E-state index is 0.0429. The highest BCUT2D eigenvalue weighted by atomic mass is 35.5. The number of likely N-dealkylation sites (tertiary alicyclic amines) is 1. The summed E-state index contributed by atoms with van der Waals surface area (Å²) >= 11 is 5.14. The molecule has 0 aliphatic carbocycles. The Kier molecular flexibility index (Phi) is 4.25. The van der Waals surface area contributed by atoms with E-state index in [1.165, 1.54) is 0 Å². The number of hydrogen-bond acceptors (Lipinski definition) is 3. The number of carbonyl (C=O) groups is 1. The van der Waals surface area contributed by atoms with Gasteiger partial charge < -0.3 is 4.74 Å². The molecule has 74 valence electrons. The number of piperidine rings is 1. The molecule has 0 radical (unpaired) electrons. The van der Waals surface area contributed by atoms with E-state index in [-0.39, 0.29) is 6.10 Å². The molecule has 1 aliphatic heterocycles. The molecule has 0 saturated carbocycles. The molecule has 0 aromatic carbocycles. The molecule has 1 rings (SSSR count). The molecule has 3 nitrogen and oxygen atoms in total. The molecular weight excluding hydrogens is 190 g/mol. The number of ether oxygens (including phenoxy) is 1. The standard InChI is InChI=1S/C9H14ClNO2/c1-2-5-11-6-3-4-8(7-11)13-9(10)12/h2,8H,1,3-7H2. The Morgan fingerprint density at radius 2 is 2.54 bits per heavy atom. The van der Waals surface area contributed by atoms with E-state index in [2.05, 4.69) is 11.5 Å². The van der Waals surface area contributed by atoms with Crippen LogP contribution in [0, 0.1) is 0 Å². The lowest BCUT2D eigenvalue weighted by Crippen LogP contribution is -2.39. The fraction of sp³-hybridized carbons (Fsp3) is 0.667. The van der Waals surface area contributed by atoms with Crippen molar-refractivity contribution in [2.24, 2.45) is 0 Å². The van der Waals surface area contributed by atoms with Gasteiger partial charge in [-0.2, -0.15) is 0 Å². The lowest BCUT2D eigenvalue weighted by Gasteiger charge is -2.30. The minimum Gasteiger partial charge on any atom is -0.449 e. The van der Waals surface area contributed by atoms with E-state index in [9.17, 15) is 4.79 Å². The summed E-state index contributed by atoms with van der Waals surface area (Å²) in [5.41, 5.74) is -0.703. The third-order valence-corrected chi connectivity index (χ3v) is 2.20. The molecule has 0 aromatic heterocycles. The van der Waals surface area contributed by atoms with Crippen LogP contribution in [0.5, 0.6) is 0 Å². The Labute approximate surface area is 83.3 Å². The van der Waals surface area contributed by atoms with E-state index in [0.717, 1.165) is 32.5 Å². The van der Waals surface area contributed by atoms with Crippen molar-refractivity contribution in [3.05, 3.63) is 12.7 Å². The van der Waals surface area contributed by atoms with Crippen molar-refractivity contribution in [1.82, 2.24) is 4.90 Å². The zero-order chi connectivity index (χ0) is 9.68. The summed E-state index contributed by atoms with van der Waals surface area (Å²) in [5.74, 6) is 0. The van der Waals surface area contributed by atoms with Gasteiger partial charge in [0.1, 0.15) is 6.10 Å². The predicted molar refractivity (Wildman–Crippen MR) is 52.0 cm³/mol. The molecule has 1 unspecified atom stereocenters. The number of rotatable bonds is 3. The number of carbonyl (C=O) groups excluding carboxylic acids is 1. The van der Waals surface area contributed by atoms with E-state index < -0.39 is 5.43 Å². The van der Waals surface area contributed by atoms with Gasteiger partial charge in [-0.25, -0.2) is 4.79 Å². The van der Waals surface area contributed by atoms with E-state index in [1.54, 1.807) is 0 Å². The van der Waals surface area contributed by atoms with Crippen LogP contribution in [0.25, 0.3) is 0 Å². The van der Waals surface area contributed by atoms with Crippen LogP contribution in [-0.2, 0) is 4.74 Å². The summed E-state index contributed by atoms with van der Waals surface area (Å²) in [4.78, 5) is 12.7. The van der Waals surface area contributed by atoms with E-state index in [0.29, 0.717) is 0 Å². The fourth-order valence-electron chi connectivity index (χ4n) is 1.59. The van der Waals surface area contributed by atoms with Crippen LogP contribution >= 0.6 is 11.6 Å². The quantitative estimate of drug-likeness (QED) is 0.519. The highest BCUT2D eigenvalue weighted by Crippen LogP contribution is 2.13. The van der Waals surface area contributed by atoms with E-state index >= 15 is 0 Å². The van der Waals surface area contributed by atoms with Crippen LogP contribution in [0.1, 0.15) is 12.8 Å². The van der Waals surface area contributed by atoms with Crippen LogP contribution in [0.4, 0.5) is 4.79 Å². The number of halogens is 1. The van der Waals surface area contributed by atoms with Crippen molar-refractivity contribution < 1.29 is 9.53 Å². The van der Waals surface area contributed by atoms with Crippen LogP contribution in [0.15, 0.2) is 12.7 Å². The first-order chi connectivity index (χ1) is 6.22. The number of nitrogens with zero attached hydrogens (tertiary/aromatic N) is 1. The van der Waals surface area contributed by atoms with Gasteiger partial charge in [0.05, 0.1) is 0 Å². The molecule has 0 aromatic rings. The largest absolute Gasteiger partial charge is 0.449 e. The van der Waals surface area contributed by atoms with Crippen molar-refractivity contribution in [1.29, 1.82) is 0 Å². The van der Waals surface area contributed by atoms with Crippen molar-refractivity contribution >= 4 is 17.0 Å². The predicted octanol–water partition coefficient (Wildman–Crippen LogP) is 2.01. The molecule has 0 bridgehead atoms. The summed E-state index contributed by atoms with van der Waals surface area (Å²) in [6.07, 6.45) is 3.76. The second kappa shape index (κ2) is 5.25. The van der Waals surface area contributed by atoms with Crippen molar-refractivity contribution in [2.45, 2.75) is 18.9 Å². The molecule has 1 fully saturated rings. The van der Waals surface area contributed by atoms with Crippen LogP contribution < -0.4 is 0 Å². The average molecular weight is 204 g/mol. The van der Waals surface area contributed by atoms with Gasteiger partial charge in [-0.3, -0.25) is 4.90 Å². The maximum Gasteiger partial charge on any atom is 0.404 e. The first-order valence-corrected chi connectivity index (χ1v) is 4.79. The molecular formula is C9H14ClNO2. The molecule has 1 saturated heterocycles. The summed E-state index contributed by atoms with van der Waals surface area (Å²) in [6, 6.07) is 0. The molecule has 0 spiro atoms. The second-order valence-electron chi connectivity index (χ2n) is 3.17. The smallest absolute Gasteiger partial charge is 0.404 e. The lowest BCUT2D eigenvalue weighted by atomic mass is 10.1. The summed E-state index contributed by atoms with van der Waals surface area (Å²) < 4.78 is 4.92. The van der Waals surface area contributed by atoms with Crippen LogP contribution in [0.3, 0.4) is 0 Å².